The fourth-order valence-electron chi connectivity index (χ4n) is 0.855. The number of hydrogen-bond acceptors (Lipinski definition) is 3. The van der Waals surface area contributed by atoms with Crippen LogP contribution in [0.5, 0.6) is 0 Å². The first kappa shape index (κ1) is 9.02. The summed E-state index contributed by atoms with van der Waals surface area (Å²) in [6, 6.07) is 3.47. The zero-order chi connectivity index (χ0) is 8.97. The molecule has 0 spiro atoms. The van der Waals surface area contributed by atoms with Crippen molar-refractivity contribution in [3.05, 3.63) is 22.4 Å². The topological polar surface area (TPSA) is 84.6 Å². The van der Waals surface area contributed by atoms with Crippen LogP contribution in [0.3, 0.4) is 0 Å². The van der Waals surface area contributed by atoms with Crippen LogP contribution >= 0.6 is 11.3 Å². The van der Waals surface area contributed by atoms with E-state index in [1.54, 1.807) is 0 Å². The summed E-state index contributed by atoms with van der Waals surface area (Å²) in [5, 5.41) is 10.9. The molecule has 0 aliphatic carbocycles. The average Bonchev–Trinajstić information content (AvgIpc) is 2.51. The summed E-state index contributed by atoms with van der Waals surface area (Å²) in [5.41, 5.74) is 10.4. The van der Waals surface area contributed by atoms with Crippen molar-refractivity contribution in [3.63, 3.8) is 0 Å². The maximum Gasteiger partial charge on any atom is 0.186 e. The Hall–Kier alpha value is -1.07. The third-order valence-corrected chi connectivity index (χ3v) is 2.32. The maximum absolute atomic E-state index is 8.94. The molecule has 0 amide bonds. The van der Waals surface area contributed by atoms with Gasteiger partial charge in [-0.25, -0.2) is 4.99 Å². The smallest absolute Gasteiger partial charge is 0.186 e. The maximum atomic E-state index is 8.94. The highest BCUT2D eigenvalue weighted by Crippen LogP contribution is 2.21. The van der Waals surface area contributed by atoms with Crippen molar-refractivity contribution in [1.29, 1.82) is 0 Å². The Bertz CT molecular complexity index is 254. The first-order valence-electron chi connectivity index (χ1n) is 3.47. The Balaban J connectivity index is 2.77. The van der Waals surface area contributed by atoms with Crippen molar-refractivity contribution in [2.24, 2.45) is 16.5 Å². The summed E-state index contributed by atoms with van der Waals surface area (Å²) in [6.07, 6.45) is 0. The summed E-state index contributed by atoms with van der Waals surface area (Å²) in [4.78, 5) is 4.83. The minimum absolute atomic E-state index is 0.00227. The fraction of sp³-hybridized carbons (Fsp3) is 0.286. The van der Waals surface area contributed by atoms with Crippen LogP contribution in [0, 0.1) is 0 Å². The van der Waals surface area contributed by atoms with Crippen LogP contribution in [-0.2, 0) is 0 Å². The summed E-state index contributed by atoms with van der Waals surface area (Å²) >= 11 is 1.52. The molecule has 5 heteroatoms. The van der Waals surface area contributed by atoms with Gasteiger partial charge in [0.1, 0.15) is 6.04 Å². The van der Waals surface area contributed by atoms with Crippen LogP contribution < -0.4 is 11.5 Å². The van der Waals surface area contributed by atoms with E-state index in [0.29, 0.717) is 0 Å². The Morgan fingerprint density at radius 3 is 2.83 bits per heavy atom. The molecule has 0 saturated carbocycles. The lowest BCUT2D eigenvalue weighted by molar-refractivity contribution is 0.270. The molecule has 0 unspecified atom stereocenters. The Morgan fingerprint density at radius 2 is 2.42 bits per heavy atom. The van der Waals surface area contributed by atoms with Crippen LogP contribution in [0.15, 0.2) is 22.5 Å². The molecular weight excluding hydrogens is 174 g/mol. The molecule has 0 aliphatic heterocycles. The van der Waals surface area contributed by atoms with Gasteiger partial charge in [0.15, 0.2) is 5.96 Å². The molecule has 0 bridgehead atoms. The lowest BCUT2D eigenvalue weighted by Crippen LogP contribution is -2.24. The van der Waals surface area contributed by atoms with Crippen LogP contribution in [0.25, 0.3) is 0 Å². The number of hydrogen-bond donors (Lipinski definition) is 3. The largest absolute Gasteiger partial charge is 0.394 e. The molecule has 0 aliphatic rings. The van der Waals surface area contributed by atoms with Gasteiger partial charge in [-0.1, -0.05) is 6.07 Å². The van der Waals surface area contributed by atoms with Gasteiger partial charge in [-0.05, 0) is 11.4 Å². The van der Waals surface area contributed by atoms with E-state index in [1.807, 2.05) is 17.5 Å². The third-order valence-electron chi connectivity index (χ3n) is 1.35. The molecule has 0 radical (unpaired) electrons. The highest BCUT2D eigenvalue weighted by atomic mass is 32.1. The molecule has 0 fully saturated rings. The Morgan fingerprint density at radius 1 is 1.67 bits per heavy atom. The van der Waals surface area contributed by atoms with E-state index >= 15 is 0 Å². The van der Waals surface area contributed by atoms with Crippen molar-refractivity contribution in [2.45, 2.75) is 6.04 Å². The number of nitrogens with zero attached hydrogens (tertiary/aromatic N) is 1. The van der Waals surface area contributed by atoms with Gasteiger partial charge < -0.3 is 16.6 Å². The Labute approximate surface area is 74.5 Å². The molecule has 1 atom stereocenters. The van der Waals surface area contributed by atoms with Gasteiger partial charge in [0.25, 0.3) is 0 Å². The van der Waals surface area contributed by atoms with E-state index in [-0.39, 0.29) is 18.6 Å². The molecule has 1 aromatic rings. The molecule has 1 heterocycles. The number of thiophene rings is 1. The van der Waals surface area contributed by atoms with Gasteiger partial charge >= 0.3 is 0 Å². The minimum atomic E-state index is -0.310. The Kier molecular flexibility index (Phi) is 3.07. The van der Waals surface area contributed by atoms with E-state index < -0.39 is 0 Å². The predicted octanol–water partition coefficient (Wildman–Crippen LogP) is 0.0549. The van der Waals surface area contributed by atoms with E-state index in [4.69, 9.17) is 16.6 Å². The van der Waals surface area contributed by atoms with Crippen molar-refractivity contribution < 1.29 is 5.11 Å². The van der Waals surface area contributed by atoms with Gasteiger partial charge in [0.2, 0.25) is 0 Å². The lowest BCUT2D eigenvalue weighted by Gasteiger charge is -2.05. The molecule has 12 heavy (non-hydrogen) atoms. The second-order valence-corrected chi connectivity index (χ2v) is 3.25. The second kappa shape index (κ2) is 4.08. The van der Waals surface area contributed by atoms with Gasteiger partial charge in [0, 0.05) is 4.88 Å². The second-order valence-electron chi connectivity index (χ2n) is 2.27. The number of rotatable bonds is 3. The molecule has 1 rings (SSSR count). The van der Waals surface area contributed by atoms with E-state index in [1.165, 1.54) is 11.3 Å². The van der Waals surface area contributed by atoms with Crippen LogP contribution in [0.4, 0.5) is 0 Å². The standard InChI is InChI=1S/C7H11N3OS/c8-7(9)10-5(4-11)6-2-1-3-12-6/h1-3,5,11H,4H2,(H4,8,9,10)/t5-/m1/s1. The average molecular weight is 185 g/mol. The summed E-state index contributed by atoms with van der Waals surface area (Å²) < 4.78 is 0. The van der Waals surface area contributed by atoms with Gasteiger partial charge in [0.05, 0.1) is 6.61 Å². The SMILES string of the molecule is NC(N)=N[C@H](CO)c1cccs1. The van der Waals surface area contributed by atoms with E-state index in [9.17, 15) is 0 Å². The first-order chi connectivity index (χ1) is 5.74. The van der Waals surface area contributed by atoms with Gasteiger partial charge in [-0.2, -0.15) is 0 Å². The van der Waals surface area contributed by atoms with Crippen LogP contribution in [0.2, 0.25) is 0 Å². The zero-order valence-corrected chi connectivity index (χ0v) is 7.29. The number of aliphatic hydroxyl groups is 1. The molecule has 5 N–H and O–H groups in total. The number of aliphatic imine (C=N–C) groups is 1. The normalized spacial score (nSPS) is 12.4. The number of guanidine groups is 1. The van der Waals surface area contributed by atoms with E-state index in [2.05, 4.69) is 4.99 Å². The molecule has 0 saturated heterocycles. The van der Waals surface area contributed by atoms with Crippen LogP contribution in [0.1, 0.15) is 10.9 Å². The predicted molar refractivity (Wildman–Crippen MR) is 50.0 cm³/mol. The highest BCUT2D eigenvalue weighted by molar-refractivity contribution is 7.10. The number of nitrogens with two attached hydrogens (primary N) is 2. The van der Waals surface area contributed by atoms with Crippen molar-refractivity contribution in [1.82, 2.24) is 0 Å². The molecule has 66 valence electrons. The molecular formula is C7H11N3OS. The molecule has 4 nitrogen and oxygen atoms in total. The summed E-state index contributed by atoms with van der Waals surface area (Å²) in [6.45, 7) is -0.0710. The quantitative estimate of drug-likeness (QED) is 0.459. The van der Waals surface area contributed by atoms with Crippen molar-refractivity contribution >= 4 is 17.3 Å². The lowest BCUT2D eigenvalue weighted by atomic mass is 10.3. The van der Waals surface area contributed by atoms with Crippen LogP contribution in [-0.4, -0.2) is 17.7 Å². The highest BCUT2D eigenvalue weighted by Gasteiger charge is 2.08. The molecule has 0 aromatic carbocycles. The van der Waals surface area contributed by atoms with Crippen molar-refractivity contribution in [2.75, 3.05) is 6.61 Å². The van der Waals surface area contributed by atoms with E-state index in [0.717, 1.165) is 4.88 Å². The third kappa shape index (κ3) is 2.21. The monoisotopic (exact) mass is 185 g/mol. The number of aliphatic hydroxyl groups excluding tert-OH is 1. The molecule has 1 aromatic heterocycles. The van der Waals surface area contributed by atoms with Gasteiger partial charge in [-0.15, -0.1) is 11.3 Å². The summed E-state index contributed by atoms with van der Waals surface area (Å²) in [5.74, 6) is 0.00227. The fourth-order valence-corrected chi connectivity index (χ4v) is 1.61. The van der Waals surface area contributed by atoms with Crippen molar-refractivity contribution in [3.8, 4) is 0 Å². The first-order valence-corrected chi connectivity index (χ1v) is 4.35. The zero-order valence-electron chi connectivity index (χ0n) is 6.47. The summed E-state index contributed by atoms with van der Waals surface area (Å²) in [7, 11) is 0. The van der Waals surface area contributed by atoms with Gasteiger partial charge in [-0.3, -0.25) is 0 Å². The minimum Gasteiger partial charge on any atom is -0.394 e.